The summed E-state index contributed by atoms with van der Waals surface area (Å²) >= 11 is 0. The molecule has 0 amide bonds. The number of nitrogen functional groups attached to an aromatic ring is 2. The second kappa shape index (κ2) is 8.14. The van der Waals surface area contributed by atoms with E-state index in [2.05, 4.69) is 69.7 Å². The molecule has 2 aromatic heterocycles. The first-order chi connectivity index (χ1) is 14.4. The van der Waals surface area contributed by atoms with Crippen LogP contribution >= 0.6 is 0 Å². The van der Waals surface area contributed by atoms with Crippen LogP contribution in [0, 0.1) is 5.82 Å². The molecular formula is C26H31FN4. The predicted octanol–water partition coefficient (Wildman–Crippen LogP) is 6.37. The lowest BCUT2D eigenvalue weighted by Crippen LogP contribution is -2.11. The van der Waals surface area contributed by atoms with Gasteiger partial charge in [-0.05, 0) is 39.5 Å². The minimum absolute atomic E-state index is 0.00133. The monoisotopic (exact) mass is 418 g/mol. The highest BCUT2D eigenvalue weighted by Gasteiger charge is 2.16. The Morgan fingerprint density at radius 2 is 1.23 bits per heavy atom. The van der Waals surface area contributed by atoms with E-state index in [1.54, 1.807) is 6.20 Å². The number of pyridine rings is 2. The van der Waals surface area contributed by atoms with Gasteiger partial charge < -0.3 is 11.5 Å². The van der Waals surface area contributed by atoms with Crippen LogP contribution in [0.25, 0.3) is 21.5 Å². The van der Waals surface area contributed by atoms with Crippen molar-refractivity contribution in [3.8, 4) is 0 Å². The molecule has 0 radical (unpaired) electrons. The summed E-state index contributed by atoms with van der Waals surface area (Å²) in [6, 6.07) is 14.0. The maximum atomic E-state index is 13.6. The second-order valence-corrected chi connectivity index (χ2v) is 9.88. The zero-order valence-corrected chi connectivity index (χ0v) is 19.1. The molecule has 4 rings (SSSR count). The zero-order chi connectivity index (χ0) is 23.0. The first-order valence-corrected chi connectivity index (χ1v) is 10.4. The van der Waals surface area contributed by atoms with E-state index in [1.807, 2.05) is 24.3 Å². The normalized spacial score (nSPS) is 12.0. The topological polar surface area (TPSA) is 77.8 Å². The molecule has 4 N–H and O–H groups in total. The molecule has 0 spiro atoms. The molecule has 4 aromatic rings. The molecule has 162 valence electrons. The molecule has 31 heavy (non-hydrogen) atoms. The Labute approximate surface area is 183 Å². The van der Waals surface area contributed by atoms with E-state index in [0.29, 0.717) is 22.4 Å². The maximum Gasteiger partial charge on any atom is 0.149 e. The van der Waals surface area contributed by atoms with Crippen molar-refractivity contribution in [2.24, 2.45) is 0 Å². The summed E-state index contributed by atoms with van der Waals surface area (Å²) in [5.74, 6) is 0.653. The summed E-state index contributed by atoms with van der Waals surface area (Å²) in [5, 5.41) is 3.41. The summed E-state index contributed by atoms with van der Waals surface area (Å²) in [7, 11) is 0. The molecule has 0 bridgehead atoms. The molecule has 5 heteroatoms. The predicted molar refractivity (Wildman–Crippen MR) is 130 cm³/mol. The largest absolute Gasteiger partial charge is 0.383 e. The van der Waals surface area contributed by atoms with Crippen LogP contribution in [0.15, 0.2) is 54.9 Å². The highest BCUT2D eigenvalue weighted by atomic mass is 19.1. The van der Waals surface area contributed by atoms with Crippen LogP contribution in [0.4, 0.5) is 16.0 Å². The van der Waals surface area contributed by atoms with E-state index in [0.717, 1.165) is 16.3 Å². The van der Waals surface area contributed by atoms with Gasteiger partial charge in [0.15, 0.2) is 0 Å². The second-order valence-electron chi connectivity index (χ2n) is 9.88. The molecule has 0 fully saturated rings. The van der Waals surface area contributed by atoms with Gasteiger partial charge in [0.1, 0.15) is 17.5 Å². The average Bonchev–Trinajstić information content (AvgIpc) is 2.70. The highest BCUT2D eigenvalue weighted by Crippen LogP contribution is 2.29. The summed E-state index contributed by atoms with van der Waals surface area (Å²) in [4.78, 5) is 7.88. The standard InChI is InChI=1S/C13H15FN2.C13H16N2/c1-13(2,3)8-4-5-9-10(6-8)11(14)7-16-12(9)15;1-13(2,3)10-4-5-11-9(8-10)6-7-15-12(11)14/h4-7H,1-3H3,(H2,15,16);4-8H,1-3H3,(H2,14,15). The Morgan fingerprint density at radius 3 is 1.84 bits per heavy atom. The first-order valence-electron chi connectivity index (χ1n) is 10.4. The van der Waals surface area contributed by atoms with Crippen LogP contribution in [0.5, 0.6) is 0 Å². The van der Waals surface area contributed by atoms with E-state index < -0.39 is 0 Å². The maximum absolute atomic E-state index is 13.6. The number of fused-ring (bicyclic) bond motifs is 2. The SMILES string of the molecule is CC(C)(C)c1ccc2c(N)ncc(F)c2c1.CC(C)(C)c1ccc2c(N)nccc2c1. The molecule has 0 saturated heterocycles. The number of nitrogens with two attached hydrogens (primary N) is 2. The fraction of sp³-hybridized carbons (Fsp3) is 0.308. The van der Waals surface area contributed by atoms with Gasteiger partial charge in [-0.2, -0.15) is 0 Å². The molecule has 0 aliphatic heterocycles. The molecule has 4 nitrogen and oxygen atoms in total. The Bertz CT molecular complexity index is 1230. The van der Waals surface area contributed by atoms with Crippen LogP contribution in [0.3, 0.4) is 0 Å². The number of hydrogen-bond acceptors (Lipinski definition) is 4. The minimum Gasteiger partial charge on any atom is -0.383 e. The number of aromatic nitrogens is 2. The smallest absolute Gasteiger partial charge is 0.149 e. The molecule has 2 heterocycles. The van der Waals surface area contributed by atoms with Crippen molar-refractivity contribution in [2.75, 3.05) is 11.5 Å². The molecular weight excluding hydrogens is 387 g/mol. The van der Waals surface area contributed by atoms with Crippen molar-refractivity contribution >= 4 is 33.2 Å². The number of anilines is 2. The third-order valence-corrected chi connectivity index (χ3v) is 5.40. The van der Waals surface area contributed by atoms with Crippen molar-refractivity contribution in [2.45, 2.75) is 52.4 Å². The van der Waals surface area contributed by atoms with Crippen LogP contribution < -0.4 is 11.5 Å². The van der Waals surface area contributed by atoms with E-state index in [4.69, 9.17) is 11.5 Å². The highest BCUT2D eigenvalue weighted by molar-refractivity contribution is 5.92. The molecule has 2 aromatic carbocycles. The van der Waals surface area contributed by atoms with Crippen LogP contribution in [-0.2, 0) is 10.8 Å². The van der Waals surface area contributed by atoms with Gasteiger partial charge in [-0.15, -0.1) is 0 Å². The number of rotatable bonds is 0. The third kappa shape index (κ3) is 4.93. The number of nitrogens with zero attached hydrogens (tertiary/aromatic N) is 2. The van der Waals surface area contributed by atoms with E-state index in [-0.39, 0.29) is 16.6 Å². The summed E-state index contributed by atoms with van der Waals surface area (Å²) in [6.45, 7) is 12.9. The first kappa shape index (κ1) is 22.5. The molecule has 0 aliphatic rings. The van der Waals surface area contributed by atoms with Gasteiger partial charge in [-0.1, -0.05) is 71.9 Å². The molecule has 0 aliphatic carbocycles. The van der Waals surface area contributed by atoms with Crippen LogP contribution in [0.2, 0.25) is 0 Å². The fourth-order valence-electron chi connectivity index (χ4n) is 3.36. The Kier molecular flexibility index (Phi) is 5.90. The Morgan fingerprint density at radius 1 is 0.677 bits per heavy atom. The zero-order valence-electron chi connectivity index (χ0n) is 19.1. The van der Waals surface area contributed by atoms with Gasteiger partial charge in [0.2, 0.25) is 0 Å². The van der Waals surface area contributed by atoms with Gasteiger partial charge in [0, 0.05) is 22.4 Å². The third-order valence-electron chi connectivity index (χ3n) is 5.40. The lowest BCUT2D eigenvalue weighted by molar-refractivity contribution is 0.590. The number of benzene rings is 2. The number of halogens is 1. The van der Waals surface area contributed by atoms with Crippen molar-refractivity contribution in [1.82, 2.24) is 9.97 Å². The van der Waals surface area contributed by atoms with E-state index in [1.165, 1.54) is 11.8 Å². The molecule has 0 unspecified atom stereocenters. The Hall–Kier alpha value is -3.21. The van der Waals surface area contributed by atoms with Crippen molar-refractivity contribution < 1.29 is 4.39 Å². The molecule has 0 atom stereocenters. The molecule has 0 saturated carbocycles. The Balaban J connectivity index is 0.000000176. The van der Waals surface area contributed by atoms with Crippen molar-refractivity contribution in [3.05, 3.63) is 71.8 Å². The van der Waals surface area contributed by atoms with Gasteiger partial charge >= 0.3 is 0 Å². The van der Waals surface area contributed by atoms with Crippen LogP contribution in [-0.4, -0.2) is 9.97 Å². The summed E-state index contributed by atoms with van der Waals surface area (Å²) < 4.78 is 13.6. The van der Waals surface area contributed by atoms with Gasteiger partial charge in [-0.25, -0.2) is 14.4 Å². The van der Waals surface area contributed by atoms with Gasteiger partial charge in [0.05, 0.1) is 6.20 Å². The summed E-state index contributed by atoms with van der Waals surface area (Å²) in [5.41, 5.74) is 14.1. The van der Waals surface area contributed by atoms with Gasteiger partial charge in [-0.3, -0.25) is 0 Å². The fourth-order valence-corrected chi connectivity index (χ4v) is 3.36. The minimum atomic E-state index is -0.324. The lowest BCUT2D eigenvalue weighted by atomic mass is 9.86. The quantitative estimate of drug-likeness (QED) is 0.348. The van der Waals surface area contributed by atoms with E-state index in [9.17, 15) is 4.39 Å². The number of hydrogen-bond donors (Lipinski definition) is 2. The lowest BCUT2D eigenvalue weighted by Gasteiger charge is -2.19. The summed E-state index contributed by atoms with van der Waals surface area (Å²) in [6.07, 6.45) is 2.92. The van der Waals surface area contributed by atoms with Crippen molar-refractivity contribution in [1.29, 1.82) is 0 Å². The van der Waals surface area contributed by atoms with Crippen molar-refractivity contribution in [3.63, 3.8) is 0 Å². The van der Waals surface area contributed by atoms with Gasteiger partial charge in [0.25, 0.3) is 0 Å². The van der Waals surface area contributed by atoms with E-state index >= 15 is 0 Å². The average molecular weight is 419 g/mol. The van der Waals surface area contributed by atoms with Crippen LogP contribution in [0.1, 0.15) is 52.7 Å².